The zero-order valence-electron chi connectivity index (χ0n) is 16.8. The molecule has 0 atom stereocenters. The topological polar surface area (TPSA) is 78.5 Å². The molecule has 3 aliphatic carbocycles. The second-order valence-corrected chi connectivity index (χ2v) is 11.0. The number of nitrogens with one attached hydrogen (secondary N) is 2. The van der Waals surface area contributed by atoms with Crippen LogP contribution < -0.4 is 10.0 Å². The Morgan fingerprint density at radius 3 is 2.18 bits per heavy atom. The minimum absolute atomic E-state index is 0. The van der Waals surface area contributed by atoms with Crippen LogP contribution in [0.2, 0.25) is 0 Å². The molecule has 1 radical (unpaired) electrons. The fraction of sp³-hybridized carbons (Fsp3) is 0.650. The number of sulfonamides is 1. The van der Waals surface area contributed by atoms with Gasteiger partial charge in [-0.3, -0.25) is 0 Å². The van der Waals surface area contributed by atoms with Crippen LogP contribution in [0.25, 0.3) is 0 Å². The number of carbonyl (C=O) groups excluding carboxylic acids is 1. The van der Waals surface area contributed by atoms with E-state index in [1.165, 1.54) is 22.3 Å². The number of anilines is 1. The molecule has 1 heterocycles. The van der Waals surface area contributed by atoms with Crippen molar-refractivity contribution < 1.29 is 13.2 Å². The molecule has 8 heteroatoms. The van der Waals surface area contributed by atoms with Crippen LogP contribution in [0.5, 0.6) is 0 Å². The number of urea groups is 1. The molecule has 1 saturated heterocycles. The predicted molar refractivity (Wildman–Crippen MR) is 110 cm³/mol. The first kappa shape index (κ1) is 21.3. The van der Waals surface area contributed by atoms with Gasteiger partial charge in [-0.1, -0.05) is 6.07 Å². The Labute approximate surface area is 209 Å². The predicted octanol–water partition coefficient (Wildman–Crippen LogP) is 1.83. The Kier molecular flexibility index (Phi) is 5.79. The maximum absolute atomic E-state index is 12.6. The molecule has 1 saturated carbocycles. The van der Waals surface area contributed by atoms with Gasteiger partial charge >= 0.3 is 6.03 Å². The van der Waals surface area contributed by atoms with Crippen molar-refractivity contribution in [3.63, 3.8) is 0 Å². The Morgan fingerprint density at radius 2 is 1.64 bits per heavy atom. The van der Waals surface area contributed by atoms with Crippen LogP contribution >= 0.6 is 0 Å². The van der Waals surface area contributed by atoms with Crippen molar-refractivity contribution in [2.24, 2.45) is 5.41 Å². The van der Waals surface area contributed by atoms with E-state index in [0.29, 0.717) is 12.8 Å². The fourth-order valence-corrected chi connectivity index (χ4v) is 7.42. The number of likely N-dealkylation sites (tertiary alicyclic amines) is 1. The smallest absolute Gasteiger partial charge is 0.307 e. The zero-order chi connectivity index (χ0) is 18.8. The maximum Gasteiger partial charge on any atom is 0.332 e. The normalized spacial score (nSPS) is 22.6. The Hall–Kier alpha value is 0.0364. The summed E-state index contributed by atoms with van der Waals surface area (Å²) in [7, 11) is -1.57. The molecule has 147 valence electrons. The number of rotatable bonds is 3. The number of benzene rings is 1. The van der Waals surface area contributed by atoms with Gasteiger partial charge in [-0.25, -0.2) is 17.9 Å². The second-order valence-electron chi connectivity index (χ2n) is 9.04. The van der Waals surface area contributed by atoms with Gasteiger partial charge in [-0.05, 0) is 86.1 Å². The van der Waals surface area contributed by atoms with Crippen molar-refractivity contribution in [3.8, 4) is 0 Å². The summed E-state index contributed by atoms with van der Waals surface area (Å²) < 4.78 is 27.5. The minimum Gasteiger partial charge on any atom is -0.307 e. The first-order chi connectivity index (χ1) is 12.9. The molecular weight excluding hydrogens is 401 g/mol. The van der Waals surface area contributed by atoms with E-state index < -0.39 is 21.3 Å². The monoisotopic (exact) mass is 428 g/mol. The van der Waals surface area contributed by atoms with E-state index in [-0.39, 0.29) is 56.8 Å². The third-order valence-electron chi connectivity index (χ3n) is 6.92. The van der Waals surface area contributed by atoms with Crippen molar-refractivity contribution in [1.82, 2.24) is 9.62 Å². The average Bonchev–Trinajstić information content (AvgIpc) is 3.16. The van der Waals surface area contributed by atoms with Crippen LogP contribution in [0.3, 0.4) is 0 Å². The molecule has 1 aromatic carbocycles. The molecule has 1 spiro atoms. The number of carbonyl (C=O) groups is 1. The molecule has 2 amide bonds. The molecule has 1 aliphatic heterocycles. The van der Waals surface area contributed by atoms with Crippen LogP contribution in [0, 0.1) is 5.41 Å². The van der Waals surface area contributed by atoms with Gasteiger partial charge in [0, 0.05) is 70.2 Å². The summed E-state index contributed by atoms with van der Waals surface area (Å²) in [6, 6.07) is 1.70. The summed E-state index contributed by atoms with van der Waals surface area (Å²) >= 11 is 0. The Balaban J connectivity index is 0.00000192. The maximum atomic E-state index is 12.6. The SMILES string of the molecule is CN1CC2(CC(S(=O)(=O)NC(=O)Nc3c4c(cc5c3CCC5)CCC4)C2)C1.[K]. The third kappa shape index (κ3) is 3.63. The number of hydrogen-bond donors (Lipinski definition) is 2. The molecule has 5 rings (SSSR count). The zero-order valence-corrected chi connectivity index (χ0v) is 20.7. The average molecular weight is 429 g/mol. The molecule has 28 heavy (non-hydrogen) atoms. The summed E-state index contributed by atoms with van der Waals surface area (Å²) in [6.45, 7) is 1.93. The summed E-state index contributed by atoms with van der Waals surface area (Å²) in [6.07, 6.45) is 7.56. The molecule has 6 nitrogen and oxygen atoms in total. The summed E-state index contributed by atoms with van der Waals surface area (Å²) in [5, 5.41) is 2.48. The van der Waals surface area contributed by atoms with Crippen molar-refractivity contribution in [2.75, 3.05) is 25.5 Å². The van der Waals surface area contributed by atoms with Crippen LogP contribution in [-0.2, 0) is 35.7 Å². The molecule has 4 aliphatic rings. The van der Waals surface area contributed by atoms with Gasteiger partial charge in [0.05, 0.1) is 5.25 Å². The fourth-order valence-electron chi connectivity index (χ4n) is 5.80. The van der Waals surface area contributed by atoms with Gasteiger partial charge in [-0.2, -0.15) is 0 Å². The first-order valence-corrected chi connectivity index (χ1v) is 11.6. The number of amides is 2. The van der Waals surface area contributed by atoms with Crippen molar-refractivity contribution in [3.05, 3.63) is 28.3 Å². The number of nitrogens with zero attached hydrogens (tertiary/aromatic N) is 1. The molecule has 2 N–H and O–H groups in total. The van der Waals surface area contributed by atoms with Crippen molar-refractivity contribution in [2.45, 2.75) is 56.6 Å². The van der Waals surface area contributed by atoms with Crippen LogP contribution in [0.4, 0.5) is 10.5 Å². The Morgan fingerprint density at radius 1 is 1.07 bits per heavy atom. The van der Waals surface area contributed by atoms with E-state index in [9.17, 15) is 13.2 Å². The van der Waals surface area contributed by atoms with Crippen molar-refractivity contribution >= 4 is 73.1 Å². The largest absolute Gasteiger partial charge is 0.332 e. The van der Waals surface area contributed by atoms with Gasteiger partial charge in [0.15, 0.2) is 0 Å². The standard InChI is InChI=1S/C20H27N3O3S.K/c1-23-11-20(12-23)9-15(10-20)27(25,26)22-19(24)21-18-16-6-2-4-13(16)8-14-5-3-7-17(14)18;/h8,15H,2-7,9-12H2,1H3,(H2,21,22,24);. The third-order valence-corrected chi connectivity index (χ3v) is 8.60. The summed E-state index contributed by atoms with van der Waals surface area (Å²) in [4.78, 5) is 14.8. The molecule has 0 aromatic heterocycles. The number of aryl methyl sites for hydroxylation is 2. The Bertz CT molecular complexity index is 885. The van der Waals surface area contributed by atoms with E-state index in [2.05, 4.69) is 28.1 Å². The van der Waals surface area contributed by atoms with Crippen LogP contribution in [-0.4, -0.2) is 96.1 Å². The molecule has 1 aromatic rings. The van der Waals surface area contributed by atoms with Crippen LogP contribution in [0.15, 0.2) is 6.07 Å². The van der Waals surface area contributed by atoms with Gasteiger partial charge < -0.3 is 10.2 Å². The van der Waals surface area contributed by atoms with Gasteiger partial charge in [0.1, 0.15) is 0 Å². The van der Waals surface area contributed by atoms with Crippen molar-refractivity contribution in [1.29, 1.82) is 0 Å². The first-order valence-electron chi connectivity index (χ1n) is 10.0. The van der Waals surface area contributed by atoms with Gasteiger partial charge in [0.2, 0.25) is 10.0 Å². The quantitative estimate of drug-likeness (QED) is 0.720. The van der Waals surface area contributed by atoms with Gasteiger partial charge in [-0.15, -0.1) is 0 Å². The van der Waals surface area contributed by atoms with E-state index in [1.54, 1.807) is 0 Å². The number of hydrogen-bond acceptors (Lipinski definition) is 4. The molecular formula is C20H27KN3O3S. The minimum atomic E-state index is -3.62. The van der Waals surface area contributed by atoms with Gasteiger partial charge in [0.25, 0.3) is 0 Å². The van der Waals surface area contributed by atoms with E-state index in [0.717, 1.165) is 57.3 Å². The van der Waals surface area contributed by atoms with E-state index in [1.807, 2.05) is 0 Å². The second kappa shape index (κ2) is 7.62. The molecule has 0 unspecified atom stereocenters. The van der Waals surface area contributed by atoms with E-state index >= 15 is 0 Å². The molecule has 0 bridgehead atoms. The summed E-state index contributed by atoms with van der Waals surface area (Å²) in [5.74, 6) is 0. The van der Waals surface area contributed by atoms with E-state index in [4.69, 9.17) is 0 Å². The molecule has 2 fully saturated rings. The van der Waals surface area contributed by atoms with Crippen LogP contribution in [0.1, 0.15) is 47.9 Å². The number of fused-ring (bicyclic) bond motifs is 2. The summed E-state index contributed by atoms with van der Waals surface area (Å²) in [5.41, 5.74) is 6.13.